The average molecular weight is 341 g/mol. The van der Waals surface area contributed by atoms with E-state index in [2.05, 4.69) is 31.6 Å². The molecule has 25 heavy (non-hydrogen) atoms. The van der Waals surface area contributed by atoms with Gasteiger partial charge in [-0.2, -0.15) is 0 Å². The molecule has 6 nitrogen and oxygen atoms in total. The van der Waals surface area contributed by atoms with Gasteiger partial charge in [0, 0.05) is 19.3 Å². The minimum absolute atomic E-state index is 0.230. The van der Waals surface area contributed by atoms with Crippen LogP contribution in [-0.4, -0.2) is 42.5 Å². The molecule has 3 heterocycles. The molecule has 6 heteroatoms. The van der Waals surface area contributed by atoms with Gasteiger partial charge in [-0.1, -0.05) is 6.07 Å². The Labute approximate surface area is 149 Å². The maximum absolute atomic E-state index is 5.66. The number of likely N-dealkylation sites (tertiary alicyclic amines) is 1. The molecule has 2 N–H and O–H groups in total. The fraction of sp³-hybridized carbons (Fsp3) is 0.474. The molecule has 1 aliphatic heterocycles. The van der Waals surface area contributed by atoms with Crippen LogP contribution in [0.3, 0.4) is 0 Å². The second kappa shape index (κ2) is 8.67. The topological polar surface area (TPSA) is 65.7 Å². The number of aryl methyl sites for hydroxylation is 1. The molecule has 1 atom stereocenters. The van der Waals surface area contributed by atoms with Crippen LogP contribution < -0.4 is 10.6 Å². The Morgan fingerprint density at radius 3 is 2.76 bits per heavy atom. The summed E-state index contributed by atoms with van der Waals surface area (Å²) in [5, 5.41) is 6.76. The molecular weight excluding hydrogens is 314 g/mol. The number of aliphatic imine (C=N–C) groups is 1. The number of nitrogens with one attached hydrogen (secondary N) is 2. The van der Waals surface area contributed by atoms with Gasteiger partial charge in [0.05, 0.1) is 24.5 Å². The number of guanidine groups is 1. The van der Waals surface area contributed by atoms with Crippen molar-refractivity contribution in [1.82, 2.24) is 20.5 Å². The van der Waals surface area contributed by atoms with Gasteiger partial charge < -0.3 is 15.1 Å². The molecule has 0 bridgehead atoms. The van der Waals surface area contributed by atoms with E-state index in [4.69, 9.17) is 4.42 Å². The lowest BCUT2D eigenvalue weighted by Gasteiger charge is -2.26. The molecular formula is C19H27N5O. The highest BCUT2D eigenvalue weighted by atomic mass is 16.3. The third-order valence-electron chi connectivity index (χ3n) is 4.52. The number of furan rings is 1. The zero-order valence-corrected chi connectivity index (χ0v) is 15.0. The number of hydrogen-bond donors (Lipinski definition) is 2. The Morgan fingerprint density at radius 1 is 1.24 bits per heavy atom. The van der Waals surface area contributed by atoms with E-state index >= 15 is 0 Å². The summed E-state index contributed by atoms with van der Waals surface area (Å²) in [6, 6.07) is 10.3. The molecule has 0 amide bonds. The first-order valence-electron chi connectivity index (χ1n) is 8.91. The molecule has 1 aliphatic rings. The quantitative estimate of drug-likeness (QED) is 0.624. The van der Waals surface area contributed by atoms with Gasteiger partial charge in [0.1, 0.15) is 5.76 Å². The van der Waals surface area contributed by atoms with Crippen molar-refractivity contribution >= 4 is 5.96 Å². The number of rotatable bonds is 6. The number of nitrogens with zero attached hydrogens (tertiary/aromatic N) is 3. The van der Waals surface area contributed by atoms with E-state index in [1.807, 2.05) is 31.2 Å². The van der Waals surface area contributed by atoms with E-state index in [9.17, 15) is 0 Å². The van der Waals surface area contributed by atoms with Crippen LogP contribution in [0.25, 0.3) is 0 Å². The molecule has 3 rings (SSSR count). The predicted molar refractivity (Wildman–Crippen MR) is 99.4 cm³/mol. The smallest absolute Gasteiger partial charge is 0.191 e. The molecule has 1 unspecified atom stereocenters. The first-order valence-corrected chi connectivity index (χ1v) is 8.91. The van der Waals surface area contributed by atoms with Crippen LogP contribution in [0.2, 0.25) is 0 Å². The van der Waals surface area contributed by atoms with Gasteiger partial charge in [0.2, 0.25) is 0 Å². The van der Waals surface area contributed by atoms with E-state index in [-0.39, 0.29) is 6.04 Å². The summed E-state index contributed by atoms with van der Waals surface area (Å²) in [5.41, 5.74) is 2.03. The summed E-state index contributed by atoms with van der Waals surface area (Å²) < 4.78 is 5.66. The average Bonchev–Trinajstić information content (AvgIpc) is 3.32. The largest absolute Gasteiger partial charge is 0.468 e. The number of pyridine rings is 1. The summed E-state index contributed by atoms with van der Waals surface area (Å²) in [6.07, 6.45) is 4.25. The van der Waals surface area contributed by atoms with Crippen LogP contribution >= 0.6 is 0 Å². The molecule has 0 aliphatic carbocycles. The molecule has 0 spiro atoms. The summed E-state index contributed by atoms with van der Waals surface area (Å²) in [7, 11) is 1.79. The molecule has 1 saturated heterocycles. The lowest BCUT2D eigenvalue weighted by Crippen LogP contribution is -2.42. The molecule has 134 valence electrons. The zero-order valence-electron chi connectivity index (χ0n) is 15.0. The minimum atomic E-state index is 0.230. The number of hydrogen-bond acceptors (Lipinski definition) is 4. The Hall–Kier alpha value is -2.34. The Morgan fingerprint density at radius 2 is 2.08 bits per heavy atom. The Bertz CT molecular complexity index is 677. The lowest BCUT2D eigenvalue weighted by molar-refractivity contribution is 0.215. The van der Waals surface area contributed by atoms with Crippen LogP contribution in [0.5, 0.6) is 0 Å². The maximum Gasteiger partial charge on any atom is 0.191 e. The van der Waals surface area contributed by atoms with Crippen LogP contribution in [0.15, 0.2) is 46.0 Å². The third kappa shape index (κ3) is 4.82. The first-order chi connectivity index (χ1) is 12.3. The monoisotopic (exact) mass is 341 g/mol. The Balaban J connectivity index is 1.57. The Kier molecular flexibility index (Phi) is 6.06. The highest BCUT2D eigenvalue weighted by Gasteiger charge is 2.25. The predicted octanol–water partition coefficient (Wildman–Crippen LogP) is 2.49. The van der Waals surface area contributed by atoms with Crippen molar-refractivity contribution in [2.75, 3.05) is 26.7 Å². The highest BCUT2D eigenvalue weighted by Crippen LogP contribution is 2.24. The van der Waals surface area contributed by atoms with Crippen LogP contribution in [0, 0.1) is 6.92 Å². The van der Waals surface area contributed by atoms with Gasteiger partial charge in [0.25, 0.3) is 0 Å². The normalized spacial score (nSPS) is 16.8. The van der Waals surface area contributed by atoms with Crippen molar-refractivity contribution in [2.45, 2.75) is 32.4 Å². The fourth-order valence-electron chi connectivity index (χ4n) is 3.23. The molecule has 2 aromatic rings. The van der Waals surface area contributed by atoms with Crippen LogP contribution in [-0.2, 0) is 6.54 Å². The highest BCUT2D eigenvalue weighted by molar-refractivity contribution is 5.79. The van der Waals surface area contributed by atoms with E-state index in [1.165, 1.54) is 12.8 Å². The first kappa shape index (κ1) is 17.5. The van der Waals surface area contributed by atoms with E-state index < -0.39 is 0 Å². The van der Waals surface area contributed by atoms with Crippen molar-refractivity contribution in [3.63, 3.8) is 0 Å². The lowest BCUT2D eigenvalue weighted by atomic mass is 10.2. The minimum Gasteiger partial charge on any atom is -0.468 e. The second-order valence-corrected chi connectivity index (χ2v) is 6.35. The molecule has 2 aromatic heterocycles. The SMILES string of the molecule is CN=C(NCc1cccc(C)n1)NCC(c1ccco1)N1CCCC1. The molecule has 0 radical (unpaired) electrons. The summed E-state index contributed by atoms with van der Waals surface area (Å²) in [4.78, 5) is 11.3. The van der Waals surface area contributed by atoms with Crippen LogP contribution in [0.4, 0.5) is 0 Å². The van der Waals surface area contributed by atoms with Gasteiger partial charge in [-0.25, -0.2) is 0 Å². The summed E-state index contributed by atoms with van der Waals surface area (Å²) >= 11 is 0. The third-order valence-corrected chi connectivity index (χ3v) is 4.52. The van der Waals surface area contributed by atoms with Gasteiger partial charge >= 0.3 is 0 Å². The number of aromatic nitrogens is 1. The van der Waals surface area contributed by atoms with Crippen molar-refractivity contribution in [3.8, 4) is 0 Å². The standard InChI is InChI=1S/C19H27N5O/c1-15-7-5-8-16(23-15)13-21-19(20-2)22-14-17(18-9-6-12-25-18)24-10-3-4-11-24/h5-9,12,17H,3-4,10-11,13-14H2,1-2H3,(H2,20,21,22). The van der Waals surface area contributed by atoms with Gasteiger partial charge in [-0.3, -0.25) is 14.9 Å². The van der Waals surface area contributed by atoms with E-state index in [0.717, 1.165) is 42.7 Å². The van der Waals surface area contributed by atoms with Crippen molar-refractivity contribution in [2.24, 2.45) is 4.99 Å². The van der Waals surface area contributed by atoms with Crippen molar-refractivity contribution in [1.29, 1.82) is 0 Å². The van der Waals surface area contributed by atoms with Gasteiger partial charge in [0.15, 0.2) is 5.96 Å². The molecule has 0 aromatic carbocycles. The van der Waals surface area contributed by atoms with Crippen molar-refractivity contribution in [3.05, 3.63) is 53.7 Å². The van der Waals surface area contributed by atoms with Gasteiger partial charge in [-0.05, 0) is 57.1 Å². The van der Waals surface area contributed by atoms with Gasteiger partial charge in [-0.15, -0.1) is 0 Å². The summed E-state index contributed by atoms with van der Waals surface area (Å²) in [5.74, 6) is 1.78. The fourth-order valence-corrected chi connectivity index (χ4v) is 3.23. The van der Waals surface area contributed by atoms with E-state index in [1.54, 1.807) is 13.3 Å². The molecule has 0 saturated carbocycles. The van der Waals surface area contributed by atoms with E-state index in [0.29, 0.717) is 6.54 Å². The summed E-state index contributed by atoms with van der Waals surface area (Å²) in [6.45, 7) is 5.64. The van der Waals surface area contributed by atoms with Crippen LogP contribution in [0.1, 0.15) is 36.0 Å². The van der Waals surface area contributed by atoms with Crippen molar-refractivity contribution < 1.29 is 4.42 Å². The second-order valence-electron chi connectivity index (χ2n) is 6.35. The zero-order chi connectivity index (χ0) is 17.5. The maximum atomic E-state index is 5.66. The molecule has 1 fully saturated rings.